The summed E-state index contributed by atoms with van der Waals surface area (Å²) in [4.78, 5) is 6.93. The standard InChI is InChI=1S/C21H33N5O2/c1-8-22-21(23-12-16-9-10-18(27-6)19(11-16)28-7)25(4)13-17-14-26(5)24-20(17)15(2)3/h9-11,14-15H,8,12-13H2,1-7H3,(H,22,23). The van der Waals surface area contributed by atoms with Gasteiger partial charge in [-0.25, -0.2) is 4.99 Å². The number of rotatable bonds is 8. The minimum absolute atomic E-state index is 0.385. The van der Waals surface area contributed by atoms with Gasteiger partial charge in [0.2, 0.25) is 0 Å². The van der Waals surface area contributed by atoms with Gasteiger partial charge in [-0.2, -0.15) is 5.10 Å². The second-order valence-corrected chi connectivity index (χ2v) is 7.08. The third kappa shape index (κ3) is 5.41. The van der Waals surface area contributed by atoms with E-state index in [2.05, 4.69) is 42.3 Å². The van der Waals surface area contributed by atoms with Gasteiger partial charge in [-0.15, -0.1) is 0 Å². The predicted octanol–water partition coefficient (Wildman–Crippen LogP) is 3.16. The van der Waals surface area contributed by atoms with E-state index >= 15 is 0 Å². The molecule has 0 unspecified atom stereocenters. The van der Waals surface area contributed by atoms with E-state index in [1.54, 1.807) is 14.2 Å². The molecule has 1 aromatic heterocycles. The summed E-state index contributed by atoms with van der Waals surface area (Å²) in [5.74, 6) is 2.68. The molecule has 0 aliphatic heterocycles. The number of hydrogen-bond donors (Lipinski definition) is 1. The highest BCUT2D eigenvalue weighted by Gasteiger charge is 2.15. The van der Waals surface area contributed by atoms with Crippen LogP contribution in [0.5, 0.6) is 11.5 Å². The minimum atomic E-state index is 0.385. The molecule has 7 heteroatoms. The Morgan fingerprint density at radius 2 is 1.96 bits per heavy atom. The molecule has 2 aromatic rings. The number of hydrogen-bond acceptors (Lipinski definition) is 4. The van der Waals surface area contributed by atoms with Crippen LogP contribution in [-0.4, -0.2) is 48.5 Å². The minimum Gasteiger partial charge on any atom is -0.493 e. The number of guanidine groups is 1. The molecule has 0 atom stereocenters. The van der Waals surface area contributed by atoms with Gasteiger partial charge in [0.15, 0.2) is 17.5 Å². The van der Waals surface area contributed by atoms with Crippen LogP contribution in [0.1, 0.15) is 43.5 Å². The Morgan fingerprint density at radius 3 is 2.57 bits per heavy atom. The highest BCUT2D eigenvalue weighted by Crippen LogP contribution is 2.27. The van der Waals surface area contributed by atoms with Gasteiger partial charge in [0.05, 0.1) is 26.5 Å². The molecule has 0 fully saturated rings. The molecule has 1 aromatic carbocycles. The molecule has 28 heavy (non-hydrogen) atoms. The smallest absolute Gasteiger partial charge is 0.194 e. The first-order chi connectivity index (χ1) is 13.4. The Hall–Kier alpha value is -2.70. The van der Waals surface area contributed by atoms with Crippen LogP contribution >= 0.6 is 0 Å². The maximum Gasteiger partial charge on any atom is 0.194 e. The lowest BCUT2D eigenvalue weighted by atomic mass is 10.1. The van der Waals surface area contributed by atoms with E-state index in [0.29, 0.717) is 18.2 Å². The molecule has 154 valence electrons. The summed E-state index contributed by atoms with van der Waals surface area (Å²) < 4.78 is 12.6. The highest BCUT2D eigenvalue weighted by atomic mass is 16.5. The molecule has 0 saturated heterocycles. The summed E-state index contributed by atoms with van der Waals surface area (Å²) in [6.07, 6.45) is 2.09. The molecule has 1 N–H and O–H groups in total. The number of aromatic nitrogens is 2. The van der Waals surface area contributed by atoms with Crippen molar-refractivity contribution in [2.75, 3.05) is 27.8 Å². The average Bonchev–Trinajstić information content (AvgIpc) is 3.05. The van der Waals surface area contributed by atoms with Crippen molar-refractivity contribution in [1.29, 1.82) is 0 Å². The van der Waals surface area contributed by atoms with E-state index < -0.39 is 0 Å². The average molecular weight is 388 g/mol. The highest BCUT2D eigenvalue weighted by molar-refractivity contribution is 5.79. The van der Waals surface area contributed by atoms with Crippen molar-refractivity contribution in [2.24, 2.45) is 12.0 Å². The molecule has 0 saturated carbocycles. The lowest BCUT2D eigenvalue weighted by Crippen LogP contribution is -2.38. The predicted molar refractivity (Wildman–Crippen MR) is 113 cm³/mol. The van der Waals surface area contributed by atoms with Crippen LogP contribution in [0.25, 0.3) is 0 Å². The van der Waals surface area contributed by atoms with Gasteiger partial charge in [-0.05, 0) is 30.5 Å². The van der Waals surface area contributed by atoms with E-state index in [-0.39, 0.29) is 0 Å². The van der Waals surface area contributed by atoms with Crippen molar-refractivity contribution in [2.45, 2.75) is 39.8 Å². The van der Waals surface area contributed by atoms with E-state index in [4.69, 9.17) is 14.5 Å². The number of methoxy groups -OCH3 is 2. The van der Waals surface area contributed by atoms with Crippen LogP contribution in [0, 0.1) is 0 Å². The third-order valence-electron chi connectivity index (χ3n) is 4.45. The van der Waals surface area contributed by atoms with Gasteiger partial charge in [0.1, 0.15) is 0 Å². The van der Waals surface area contributed by atoms with Crippen LogP contribution < -0.4 is 14.8 Å². The van der Waals surface area contributed by atoms with Gasteiger partial charge in [-0.1, -0.05) is 19.9 Å². The number of nitrogens with zero attached hydrogens (tertiary/aromatic N) is 4. The fourth-order valence-corrected chi connectivity index (χ4v) is 3.11. The number of aliphatic imine (C=N–C) groups is 1. The summed E-state index contributed by atoms with van der Waals surface area (Å²) in [6, 6.07) is 5.88. The van der Waals surface area contributed by atoms with Gasteiger partial charge in [-0.3, -0.25) is 4.68 Å². The van der Waals surface area contributed by atoms with Gasteiger partial charge in [0.25, 0.3) is 0 Å². The molecular weight excluding hydrogens is 354 g/mol. The Bertz CT molecular complexity index is 798. The van der Waals surface area contributed by atoms with Crippen LogP contribution in [0.4, 0.5) is 0 Å². The fraction of sp³-hybridized carbons (Fsp3) is 0.524. The maximum absolute atomic E-state index is 5.39. The van der Waals surface area contributed by atoms with Crippen LogP contribution in [-0.2, 0) is 20.1 Å². The molecule has 7 nitrogen and oxygen atoms in total. The second-order valence-electron chi connectivity index (χ2n) is 7.08. The molecule has 2 rings (SSSR count). The first-order valence-electron chi connectivity index (χ1n) is 9.62. The van der Waals surface area contributed by atoms with Crippen molar-refractivity contribution in [3.63, 3.8) is 0 Å². The number of nitrogens with one attached hydrogen (secondary N) is 1. The lowest BCUT2D eigenvalue weighted by molar-refractivity contribution is 0.354. The van der Waals surface area contributed by atoms with Crippen molar-refractivity contribution >= 4 is 5.96 Å². The Balaban J connectivity index is 2.17. The van der Waals surface area contributed by atoms with Crippen molar-refractivity contribution in [3.8, 4) is 11.5 Å². The van der Waals surface area contributed by atoms with Gasteiger partial charge >= 0.3 is 0 Å². The second kappa shape index (κ2) is 10.0. The molecular formula is C21H33N5O2. The van der Waals surface area contributed by atoms with E-state index in [1.165, 1.54) is 5.56 Å². The zero-order valence-corrected chi connectivity index (χ0v) is 18.1. The molecule has 1 heterocycles. The van der Waals surface area contributed by atoms with Gasteiger partial charge in [0, 0.05) is 38.9 Å². The Morgan fingerprint density at radius 1 is 1.25 bits per heavy atom. The lowest BCUT2D eigenvalue weighted by Gasteiger charge is -2.22. The van der Waals surface area contributed by atoms with Gasteiger partial charge < -0.3 is 19.7 Å². The molecule has 0 amide bonds. The maximum atomic E-state index is 5.39. The van der Waals surface area contributed by atoms with E-state index in [9.17, 15) is 0 Å². The molecule has 0 aliphatic rings. The largest absolute Gasteiger partial charge is 0.493 e. The van der Waals surface area contributed by atoms with E-state index in [1.807, 2.05) is 37.0 Å². The fourth-order valence-electron chi connectivity index (χ4n) is 3.11. The van der Waals surface area contributed by atoms with Crippen LogP contribution in [0.3, 0.4) is 0 Å². The monoisotopic (exact) mass is 387 g/mol. The number of aryl methyl sites for hydroxylation is 1. The molecule has 0 radical (unpaired) electrons. The normalized spacial score (nSPS) is 11.6. The van der Waals surface area contributed by atoms with Crippen molar-refractivity contribution < 1.29 is 9.47 Å². The summed E-state index contributed by atoms with van der Waals surface area (Å²) >= 11 is 0. The first-order valence-corrected chi connectivity index (χ1v) is 9.62. The Labute approximate surface area is 168 Å². The SMILES string of the molecule is CCNC(=NCc1ccc(OC)c(OC)c1)N(C)Cc1cn(C)nc1C(C)C. The van der Waals surface area contributed by atoms with Crippen LogP contribution in [0.15, 0.2) is 29.4 Å². The summed E-state index contributed by atoms with van der Waals surface area (Å²) in [5.41, 5.74) is 3.41. The summed E-state index contributed by atoms with van der Waals surface area (Å²) in [6.45, 7) is 8.52. The number of ether oxygens (including phenoxy) is 2. The quantitative estimate of drug-likeness (QED) is 0.557. The molecule has 0 bridgehead atoms. The number of benzene rings is 1. The molecule has 0 aliphatic carbocycles. The summed E-state index contributed by atoms with van der Waals surface area (Å²) in [7, 11) is 7.29. The zero-order chi connectivity index (χ0) is 20.7. The summed E-state index contributed by atoms with van der Waals surface area (Å²) in [5, 5.41) is 7.97. The van der Waals surface area contributed by atoms with Crippen molar-refractivity contribution in [1.82, 2.24) is 20.0 Å². The topological polar surface area (TPSA) is 63.9 Å². The zero-order valence-electron chi connectivity index (χ0n) is 18.1. The molecule has 0 spiro atoms. The first kappa shape index (κ1) is 21.6. The van der Waals surface area contributed by atoms with Crippen LogP contribution in [0.2, 0.25) is 0 Å². The Kier molecular flexibility index (Phi) is 7.72. The van der Waals surface area contributed by atoms with E-state index in [0.717, 1.165) is 36.1 Å². The van der Waals surface area contributed by atoms with Crippen molar-refractivity contribution in [3.05, 3.63) is 41.2 Å². The third-order valence-corrected chi connectivity index (χ3v) is 4.45.